The molecule has 0 aliphatic carbocycles. The fourth-order valence-corrected chi connectivity index (χ4v) is 3.62. The molecule has 1 fully saturated rings. The lowest BCUT2D eigenvalue weighted by Crippen LogP contribution is -2.28. The number of carbonyl (C=O) groups is 1. The van der Waals surface area contributed by atoms with Gasteiger partial charge in [0.2, 0.25) is 15.9 Å². The molecule has 2 heterocycles. The molecule has 0 saturated carbocycles. The molecule has 0 spiro atoms. The highest BCUT2D eigenvalue weighted by atomic mass is 79.9. The van der Waals surface area contributed by atoms with Crippen molar-refractivity contribution in [3.05, 3.63) is 15.7 Å². The first-order valence-electron chi connectivity index (χ1n) is 5.26. The Hall–Kier alpha value is -0.770. The monoisotopic (exact) mass is 368 g/mol. The van der Waals surface area contributed by atoms with E-state index in [0.717, 1.165) is 0 Å². The van der Waals surface area contributed by atoms with Crippen LogP contribution in [0.1, 0.15) is 6.42 Å². The van der Waals surface area contributed by atoms with Crippen molar-refractivity contribution in [2.24, 2.45) is 11.1 Å². The maximum atomic E-state index is 11.9. The van der Waals surface area contributed by atoms with Crippen molar-refractivity contribution in [3.8, 4) is 0 Å². The second-order valence-corrected chi connectivity index (χ2v) is 7.14. The minimum atomic E-state index is -3.60. The molecule has 19 heavy (non-hydrogen) atoms. The average molecular weight is 370 g/mol. The number of nitrogens with two attached hydrogens (primary N) is 1. The molecule has 1 aliphatic rings. The van der Waals surface area contributed by atoms with Gasteiger partial charge in [-0.1, -0.05) is 11.6 Å². The van der Waals surface area contributed by atoms with Gasteiger partial charge >= 0.3 is 0 Å². The predicted octanol–water partition coefficient (Wildman–Crippen LogP) is 0.534. The van der Waals surface area contributed by atoms with Gasteiger partial charge in [-0.25, -0.2) is 13.6 Å². The van der Waals surface area contributed by atoms with Crippen LogP contribution in [0.4, 0.5) is 5.82 Å². The van der Waals surface area contributed by atoms with Crippen LogP contribution in [0.2, 0.25) is 5.15 Å². The Balaban J connectivity index is 2.20. The number of primary sulfonamides is 1. The molecule has 2 rings (SSSR count). The predicted molar refractivity (Wildman–Crippen MR) is 73.2 cm³/mol. The van der Waals surface area contributed by atoms with Gasteiger partial charge in [-0.15, -0.1) is 10.2 Å². The first kappa shape index (κ1) is 14.6. The summed E-state index contributed by atoms with van der Waals surface area (Å²) in [5.41, 5.74) is 0. The summed E-state index contributed by atoms with van der Waals surface area (Å²) in [7, 11) is -3.60. The molecule has 0 aromatic carbocycles. The molecule has 0 radical (unpaired) electrons. The van der Waals surface area contributed by atoms with Crippen LogP contribution >= 0.6 is 27.5 Å². The standard InChI is InChI=1S/C9H10BrClN4O3S/c10-6-2-7(11)13-14-9(6)15-3-5(1-8(15)16)4-19(12,17)18/h2,5H,1,3-4H2,(H2,12,17,18). The third kappa shape index (κ3) is 3.62. The van der Waals surface area contributed by atoms with E-state index in [9.17, 15) is 13.2 Å². The van der Waals surface area contributed by atoms with E-state index in [1.54, 1.807) is 0 Å². The van der Waals surface area contributed by atoms with Crippen molar-refractivity contribution in [2.75, 3.05) is 17.2 Å². The summed E-state index contributed by atoms with van der Waals surface area (Å²) in [4.78, 5) is 13.3. The molecule has 0 bridgehead atoms. The van der Waals surface area contributed by atoms with Crippen LogP contribution in [0.25, 0.3) is 0 Å². The van der Waals surface area contributed by atoms with Crippen LogP contribution in [0, 0.1) is 5.92 Å². The lowest BCUT2D eigenvalue weighted by atomic mass is 10.1. The average Bonchev–Trinajstić information content (AvgIpc) is 2.56. The zero-order valence-corrected chi connectivity index (χ0v) is 12.7. The van der Waals surface area contributed by atoms with Gasteiger partial charge in [-0.3, -0.25) is 9.69 Å². The van der Waals surface area contributed by atoms with Gasteiger partial charge in [0.1, 0.15) is 0 Å². The lowest BCUT2D eigenvalue weighted by molar-refractivity contribution is -0.117. The van der Waals surface area contributed by atoms with Gasteiger partial charge in [0.05, 0.1) is 10.2 Å². The lowest BCUT2D eigenvalue weighted by Gasteiger charge is -2.16. The third-order valence-electron chi connectivity index (χ3n) is 2.63. The number of sulfonamides is 1. The maximum absolute atomic E-state index is 11.9. The normalized spacial score (nSPS) is 20.1. The van der Waals surface area contributed by atoms with Crippen LogP contribution in [0.15, 0.2) is 10.5 Å². The minimum Gasteiger partial charge on any atom is -0.294 e. The van der Waals surface area contributed by atoms with E-state index in [4.69, 9.17) is 16.7 Å². The molecule has 104 valence electrons. The topological polar surface area (TPSA) is 106 Å². The first-order valence-corrected chi connectivity index (χ1v) is 8.14. The van der Waals surface area contributed by atoms with Crippen LogP contribution in [-0.4, -0.2) is 36.8 Å². The molecule has 2 N–H and O–H groups in total. The fraction of sp³-hybridized carbons (Fsp3) is 0.444. The Morgan fingerprint density at radius 3 is 2.79 bits per heavy atom. The van der Waals surface area contributed by atoms with E-state index in [0.29, 0.717) is 10.3 Å². The summed E-state index contributed by atoms with van der Waals surface area (Å²) >= 11 is 8.92. The molecular weight excluding hydrogens is 360 g/mol. The number of halogens is 2. The summed E-state index contributed by atoms with van der Waals surface area (Å²) in [6.07, 6.45) is 0.118. The maximum Gasteiger partial charge on any atom is 0.228 e. The van der Waals surface area contributed by atoms with Gasteiger partial charge in [0.25, 0.3) is 0 Å². The molecule has 1 aromatic rings. The smallest absolute Gasteiger partial charge is 0.228 e. The number of rotatable bonds is 3. The zero-order valence-electron chi connectivity index (χ0n) is 9.58. The first-order chi connectivity index (χ1) is 8.76. The SMILES string of the molecule is NS(=O)(=O)CC1CC(=O)N(c2nnc(Cl)cc2Br)C1. The second-order valence-electron chi connectivity index (χ2n) is 4.24. The number of hydrogen-bond acceptors (Lipinski definition) is 5. The summed E-state index contributed by atoms with van der Waals surface area (Å²) in [5.74, 6) is -0.461. The van der Waals surface area contributed by atoms with E-state index in [-0.39, 0.29) is 35.7 Å². The quantitative estimate of drug-likeness (QED) is 0.836. The highest BCUT2D eigenvalue weighted by Gasteiger charge is 2.34. The highest BCUT2D eigenvalue weighted by molar-refractivity contribution is 9.10. The molecule has 1 aromatic heterocycles. The van der Waals surface area contributed by atoms with E-state index >= 15 is 0 Å². The molecule has 1 unspecified atom stereocenters. The van der Waals surface area contributed by atoms with E-state index in [1.807, 2.05) is 0 Å². The van der Waals surface area contributed by atoms with Crippen molar-refractivity contribution < 1.29 is 13.2 Å². The van der Waals surface area contributed by atoms with Crippen LogP contribution < -0.4 is 10.0 Å². The van der Waals surface area contributed by atoms with Crippen LogP contribution in [0.5, 0.6) is 0 Å². The van der Waals surface area contributed by atoms with Crippen LogP contribution in [0.3, 0.4) is 0 Å². The second kappa shape index (κ2) is 5.31. The number of nitrogens with zero attached hydrogens (tertiary/aromatic N) is 3. The molecule has 1 aliphatic heterocycles. The Bertz CT molecular complexity index is 624. The summed E-state index contributed by atoms with van der Waals surface area (Å²) in [6.45, 7) is 0.240. The molecule has 7 nitrogen and oxygen atoms in total. The molecule has 1 amide bonds. The summed E-state index contributed by atoms with van der Waals surface area (Å²) < 4.78 is 22.6. The number of carbonyl (C=O) groups excluding carboxylic acids is 1. The van der Waals surface area contributed by atoms with Crippen LogP contribution in [-0.2, 0) is 14.8 Å². The van der Waals surface area contributed by atoms with Crippen molar-refractivity contribution >= 4 is 49.3 Å². The molecule has 1 atom stereocenters. The van der Waals surface area contributed by atoms with Crippen molar-refractivity contribution in [2.45, 2.75) is 6.42 Å². The van der Waals surface area contributed by atoms with Gasteiger partial charge in [0, 0.05) is 18.9 Å². The Kier molecular flexibility index (Phi) is 4.09. The van der Waals surface area contributed by atoms with E-state index in [2.05, 4.69) is 26.1 Å². The van der Waals surface area contributed by atoms with Gasteiger partial charge in [-0.05, 0) is 22.0 Å². The van der Waals surface area contributed by atoms with Crippen molar-refractivity contribution in [1.29, 1.82) is 0 Å². The minimum absolute atomic E-state index is 0.118. The van der Waals surface area contributed by atoms with Crippen molar-refractivity contribution in [3.63, 3.8) is 0 Å². The fourth-order valence-electron chi connectivity index (χ4n) is 1.95. The number of hydrogen-bond donors (Lipinski definition) is 1. The van der Waals surface area contributed by atoms with E-state index < -0.39 is 10.0 Å². The Morgan fingerprint density at radius 2 is 2.21 bits per heavy atom. The zero-order chi connectivity index (χ0) is 14.2. The van der Waals surface area contributed by atoms with Gasteiger partial charge in [0.15, 0.2) is 11.0 Å². The number of anilines is 1. The summed E-state index contributed by atoms with van der Waals surface area (Å²) in [6, 6.07) is 1.52. The molecular formula is C9H10BrClN4O3S. The molecule has 10 heteroatoms. The number of aromatic nitrogens is 2. The Labute approximate surface area is 123 Å². The third-order valence-corrected chi connectivity index (χ3v) is 4.33. The number of amides is 1. The van der Waals surface area contributed by atoms with E-state index in [1.165, 1.54) is 11.0 Å². The van der Waals surface area contributed by atoms with Gasteiger partial charge < -0.3 is 0 Å². The Morgan fingerprint density at radius 1 is 1.53 bits per heavy atom. The largest absolute Gasteiger partial charge is 0.294 e. The van der Waals surface area contributed by atoms with Gasteiger partial charge in [-0.2, -0.15) is 0 Å². The molecule has 1 saturated heterocycles. The van der Waals surface area contributed by atoms with Crippen molar-refractivity contribution in [1.82, 2.24) is 10.2 Å². The summed E-state index contributed by atoms with van der Waals surface area (Å²) in [5, 5.41) is 12.7. The highest BCUT2D eigenvalue weighted by Crippen LogP contribution is 2.30.